The topological polar surface area (TPSA) is 93.5 Å². The molecule has 0 fully saturated rings. The maximum Gasteiger partial charge on any atom is 0.291 e. The van der Waals surface area contributed by atoms with E-state index in [0.717, 1.165) is 5.56 Å². The Morgan fingerprint density at radius 2 is 1.97 bits per heavy atom. The lowest BCUT2D eigenvalue weighted by atomic mass is 10.2. The van der Waals surface area contributed by atoms with Crippen molar-refractivity contribution < 1.29 is 18.7 Å². The minimum atomic E-state index is -0.355. The molecule has 1 aliphatic heterocycles. The van der Waals surface area contributed by atoms with Gasteiger partial charge in [0.1, 0.15) is 11.5 Å². The normalized spacial score (nSPS) is 14.3. The van der Waals surface area contributed by atoms with Crippen LogP contribution in [0.5, 0.6) is 5.75 Å². The number of para-hydroxylation sites is 2. The Bertz CT molecular complexity index is 1100. The Morgan fingerprint density at radius 3 is 2.83 bits per heavy atom. The van der Waals surface area contributed by atoms with Gasteiger partial charge in [-0.2, -0.15) is 0 Å². The standard InChI is InChI=1S/C22H17N3O4/c26-21(24-14-15-4-3-11-23-13-15)10-9-16-7-8-17(28-16)12-20-22(27)25-18-5-1-2-6-19(18)29-20/h1-13H,14H2,(H,24,26)(H,25,27)/b10-9+,20-12-. The van der Waals surface area contributed by atoms with E-state index in [0.29, 0.717) is 29.5 Å². The third kappa shape index (κ3) is 4.59. The van der Waals surface area contributed by atoms with Crippen molar-refractivity contribution in [1.82, 2.24) is 10.3 Å². The van der Waals surface area contributed by atoms with Crippen LogP contribution in [0.25, 0.3) is 12.2 Å². The number of carbonyl (C=O) groups is 2. The van der Waals surface area contributed by atoms with E-state index in [2.05, 4.69) is 15.6 Å². The molecule has 0 saturated heterocycles. The number of amides is 2. The predicted octanol–water partition coefficient (Wildman–Crippen LogP) is 3.38. The summed E-state index contributed by atoms with van der Waals surface area (Å²) in [5.41, 5.74) is 1.53. The largest absolute Gasteiger partial charge is 0.457 e. The number of ether oxygens (including phenoxy) is 1. The molecule has 3 aromatic rings. The molecule has 0 bridgehead atoms. The fourth-order valence-electron chi connectivity index (χ4n) is 2.68. The van der Waals surface area contributed by atoms with Gasteiger partial charge in [0.15, 0.2) is 11.5 Å². The van der Waals surface area contributed by atoms with Crippen LogP contribution in [0.3, 0.4) is 0 Å². The van der Waals surface area contributed by atoms with Crippen LogP contribution in [0.2, 0.25) is 0 Å². The van der Waals surface area contributed by atoms with E-state index in [1.165, 1.54) is 12.2 Å². The molecule has 0 radical (unpaired) electrons. The van der Waals surface area contributed by atoms with Gasteiger partial charge >= 0.3 is 0 Å². The number of hydrogen-bond donors (Lipinski definition) is 2. The fourth-order valence-corrected chi connectivity index (χ4v) is 2.68. The number of nitrogens with one attached hydrogen (secondary N) is 2. The maximum absolute atomic E-state index is 12.2. The summed E-state index contributed by atoms with van der Waals surface area (Å²) in [4.78, 5) is 28.1. The number of anilines is 1. The van der Waals surface area contributed by atoms with Crippen molar-refractivity contribution >= 4 is 29.7 Å². The maximum atomic E-state index is 12.2. The highest BCUT2D eigenvalue weighted by Gasteiger charge is 2.21. The van der Waals surface area contributed by atoms with Gasteiger partial charge in [-0.05, 0) is 42.0 Å². The van der Waals surface area contributed by atoms with Gasteiger partial charge in [-0.25, -0.2) is 0 Å². The second kappa shape index (κ2) is 8.26. The second-order valence-electron chi connectivity index (χ2n) is 6.21. The number of hydrogen-bond acceptors (Lipinski definition) is 5. The van der Waals surface area contributed by atoms with E-state index < -0.39 is 0 Å². The molecular weight excluding hydrogens is 370 g/mol. The fraction of sp³-hybridized carbons (Fsp3) is 0.0455. The third-order valence-corrected chi connectivity index (χ3v) is 4.09. The highest BCUT2D eigenvalue weighted by atomic mass is 16.5. The minimum absolute atomic E-state index is 0.128. The average molecular weight is 387 g/mol. The lowest BCUT2D eigenvalue weighted by molar-refractivity contribution is -0.116. The monoisotopic (exact) mass is 387 g/mol. The molecule has 7 heteroatoms. The lowest BCUT2D eigenvalue weighted by Crippen LogP contribution is -2.23. The van der Waals surface area contributed by atoms with Gasteiger partial charge < -0.3 is 19.8 Å². The van der Waals surface area contributed by atoms with Gasteiger partial charge in [-0.15, -0.1) is 0 Å². The summed E-state index contributed by atoms with van der Waals surface area (Å²) in [6, 6.07) is 14.3. The van der Waals surface area contributed by atoms with E-state index in [4.69, 9.17) is 9.15 Å². The van der Waals surface area contributed by atoms with Crippen molar-refractivity contribution in [3.8, 4) is 5.75 Å². The first kappa shape index (κ1) is 18.2. The summed E-state index contributed by atoms with van der Waals surface area (Å²) < 4.78 is 11.3. The molecule has 1 aromatic carbocycles. The van der Waals surface area contributed by atoms with Crippen molar-refractivity contribution in [1.29, 1.82) is 0 Å². The number of fused-ring (bicyclic) bond motifs is 1. The Balaban J connectivity index is 1.38. The van der Waals surface area contributed by atoms with Gasteiger partial charge in [0.2, 0.25) is 5.91 Å². The van der Waals surface area contributed by atoms with E-state index in [9.17, 15) is 9.59 Å². The predicted molar refractivity (Wildman–Crippen MR) is 108 cm³/mol. The summed E-state index contributed by atoms with van der Waals surface area (Å²) in [5, 5.41) is 5.52. The summed E-state index contributed by atoms with van der Waals surface area (Å²) >= 11 is 0. The van der Waals surface area contributed by atoms with Crippen LogP contribution >= 0.6 is 0 Å². The molecule has 7 nitrogen and oxygen atoms in total. The van der Waals surface area contributed by atoms with Crippen LogP contribution in [0.15, 0.2) is 77.2 Å². The van der Waals surface area contributed by atoms with Crippen molar-refractivity contribution in [2.45, 2.75) is 6.54 Å². The number of pyridine rings is 1. The molecule has 0 saturated carbocycles. The Morgan fingerprint density at radius 1 is 1.10 bits per heavy atom. The van der Waals surface area contributed by atoms with Crippen LogP contribution < -0.4 is 15.4 Å². The second-order valence-corrected chi connectivity index (χ2v) is 6.21. The molecule has 0 spiro atoms. The molecule has 0 atom stereocenters. The molecule has 2 aromatic heterocycles. The third-order valence-electron chi connectivity index (χ3n) is 4.09. The van der Waals surface area contributed by atoms with Gasteiger partial charge in [-0.3, -0.25) is 14.6 Å². The summed E-state index contributed by atoms with van der Waals surface area (Å²) in [7, 11) is 0. The molecule has 0 aliphatic carbocycles. The van der Waals surface area contributed by atoms with Crippen molar-refractivity contribution in [3.05, 3.63) is 89.8 Å². The Kier molecular flexibility index (Phi) is 5.20. The molecule has 144 valence electrons. The SMILES string of the molecule is O=C(/C=C/c1ccc(/C=C2\Oc3ccccc3NC2=O)o1)NCc1cccnc1. The molecule has 2 amide bonds. The molecular formula is C22H17N3O4. The van der Waals surface area contributed by atoms with Crippen molar-refractivity contribution in [3.63, 3.8) is 0 Å². The van der Waals surface area contributed by atoms with Crippen LogP contribution in [-0.4, -0.2) is 16.8 Å². The van der Waals surface area contributed by atoms with Gasteiger partial charge in [0.25, 0.3) is 5.91 Å². The average Bonchev–Trinajstić information content (AvgIpc) is 3.19. The number of furan rings is 1. The smallest absolute Gasteiger partial charge is 0.291 e. The van der Waals surface area contributed by atoms with Gasteiger partial charge in [0, 0.05) is 31.1 Å². The minimum Gasteiger partial charge on any atom is -0.457 e. The number of nitrogens with zero attached hydrogens (tertiary/aromatic N) is 1. The summed E-state index contributed by atoms with van der Waals surface area (Å²) in [5.74, 6) is 0.997. The summed E-state index contributed by atoms with van der Waals surface area (Å²) in [6.45, 7) is 0.389. The van der Waals surface area contributed by atoms with E-state index in [1.54, 1.807) is 42.7 Å². The molecule has 2 N–H and O–H groups in total. The molecule has 29 heavy (non-hydrogen) atoms. The lowest BCUT2D eigenvalue weighted by Gasteiger charge is -2.19. The van der Waals surface area contributed by atoms with Gasteiger partial charge in [0.05, 0.1) is 5.69 Å². The Hall–Kier alpha value is -4.13. The number of aromatic nitrogens is 1. The van der Waals surface area contributed by atoms with Gasteiger partial charge in [-0.1, -0.05) is 18.2 Å². The van der Waals surface area contributed by atoms with E-state index in [1.807, 2.05) is 24.3 Å². The first-order valence-corrected chi connectivity index (χ1v) is 8.92. The summed E-state index contributed by atoms with van der Waals surface area (Å²) in [6.07, 6.45) is 7.81. The molecule has 4 rings (SSSR count). The van der Waals surface area contributed by atoms with Crippen molar-refractivity contribution in [2.24, 2.45) is 0 Å². The van der Waals surface area contributed by atoms with Crippen LogP contribution in [0.1, 0.15) is 17.1 Å². The molecule has 1 aliphatic rings. The molecule has 0 unspecified atom stereocenters. The first-order chi connectivity index (χ1) is 14.2. The van der Waals surface area contributed by atoms with Crippen molar-refractivity contribution in [2.75, 3.05) is 5.32 Å². The van der Waals surface area contributed by atoms with E-state index >= 15 is 0 Å². The zero-order valence-corrected chi connectivity index (χ0v) is 15.3. The number of rotatable bonds is 5. The first-order valence-electron chi connectivity index (χ1n) is 8.92. The van der Waals surface area contributed by atoms with E-state index in [-0.39, 0.29) is 17.6 Å². The highest BCUT2D eigenvalue weighted by Crippen LogP contribution is 2.30. The number of carbonyl (C=O) groups excluding carboxylic acids is 2. The molecule has 3 heterocycles. The van der Waals surface area contributed by atoms with Crippen LogP contribution in [-0.2, 0) is 16.1 Å². The quantitative estimate of drug-likeness (QED) is 0.655. The van der Waals surface area contributed by atoms with Crippen LogP contribution in [0.4, 0.5) is 5.69 Å². The zero-order valence-electron chi connectivity index (χ0n) is 15.3. The Labute approximate surface area is 166 Å². The zero-order chi connectivity index (χ0) is 20.1. The highest BCUT2D eigenvalue weighted by molar-refractivity contribution is 6.08. The van der Waals surface area contributed by atoms with Crippen LogP contribution in [0, 0.1) is 0 Å². The number of benzene rings is 1.